The third-order valence-corrected chi connectivity index (χ3v) is 2.67. The summed E-state index contributed by atoms with van der Waals surface area (Å²) in [6.45, 7) is 2.49. The third-order valence-electron chi connectivity index (χ3n) is 2.47. The molecule has 0 aliphatic rings. The molecule has 0 saturated carbocycles. The van der Waals surface area contributed by atoms with E-state index in [-0.39, 0.29) is 10.5 Å². The molecule has 0 aliphatic carbocycles. The number of thiocarbonyl (C=S) groups is 1. The number of hydrogen-bond acceptors (Lipinski definition) is 3. The molecule has 2 aromatic rings. The normalized spacial score (nSPS) is 10.4. The zero-order valence-corrected chi connectivity index (χ0v) is 10.1. The van der Waals surface area contributed by atoms with Crippen LogP contribution in [0.3, 0.4) is 0 Å². The van der Waals surface area contributed by atoms with E-state index in [0.29, 0.717) is 18.1 Å². The summed E-state index contributed by atoms with van der Waals surface area (Å²) in [5, 5.41) is 0. The predicted octanol–water partition coefficient (Wildman–Crippen LogP) is 0.688. The second kappa shape index (κ2) is 4.50. The number of rotatable bonds is 3. The molecule has 5 nitrogen and oxygen atoms in total. The molecule has 0 radical (unpaired) electrons. The van der Waals surface area contributed by atoms with E-state index in [9.17, 15) is 4.79 Å². The second-order valence-electron chi connectivity index (χ2n) is 3.47. The molecule has 6 heteroatoms. The first-order valence-corrected chi connectivity index (χ1v) is 5.59. The lowest BCUT2D eigenvalue weighted by molar-refractivity contribution is 0.705. The lowest BCUT2D eigenvalue weighted by Gasteiger charge is -2.08. The zero-order valence-electron chi connectivity index (χ0n) is 9.33. The molecule has 0 saturated heterocycles. The summed E-state index contributed by atoms with van der Waals surface area (Å²) >= 11 is 4.93. The molecule has 0 unspecified atom stereocenters. The Bertz CT molecular complexity index is 614. The van der Waals surface area contributed by atoms with Gasteiger partial charge in [0, 0.05) is 25.1 Å². The fourth-order valence-corrected chi connectivity index (χ4v) is 1.78. The first kappa shape index (κ1) is 11.5. The van der Waals surface area contributed by atoms with E-state index in [2.05, 4.69) is 4.98 Å². The topological polar surface area (TPSA) is 65.8 Å². The summed E-state index contributed by atoms with van der Waals surface area (Å²) in [6.07, 6.45) is 4.96. The maximum Gasteiger partial charge on any atom is 0.294 e. The van der Waals surface area contributed by atoms with Crippen molar-refractivity contribution in [2.24, 2.45) is 5.73 Å². The Kier molecular flexibility index (Phi) is 3.06. The van der Waals surface area contributed by atoms with Gasteiger partial charge in [-0.15, -0.1) is 0 Å². The van der Waals surface area contributed by atoms with Crippen LogP contribution in [0.1, 0.15) is 12.6 Å². The molecule has 0 fully saturated rings. The molecule has 17 heavy (non-hydrogen) atoms. The highest BCUT2D eigenvalue weighted by atomic mass is 32.1. The second-order valence-corrected chi connectivity index (χ2v) is 3.91. The highest BCUT2D eigenvalue weighted by Crippen LogP contribution is 2.06. The van der Waals surface area contributed by atoms with Gasteiger partial charge in [-0.1, -0.05) is 12.2 Å². The molecule has 0 aliphatic heterocycles. The molecule has 0 bridgehead atoms. The molecular formula is C11H12N4OS. The van der Waals surface area contributed by atoms with Gasteiger partial charge in [-0.05, 0) is 19.1 Å². The van der Waals surface area contributed by atoms with Crippen LogP contribution >= 0.6 is 12.2 Å². The summed E-state index contributed by atoms with van der Waals surface area (Å²) in [7, 11) is 0. The molecule has 0 aromatic carbocycles. The third kappa shape index (κ3) is 1.99. The lowest BCUT2D eigenvalue weighted by atomic mass is 10.4. The van der Waals surface area contributed by atoms with Gasteiger partial charge in [0.1, 0.15) is 4.99 Å². The van der Waals surface area contributed by atoms with Crippen molar-refractivity contribution < 1.29 is 0 Å². The minimum Gasteiger partial charge on any atom is -0.388 e. The Labute approximate surface area is 104 Å². The lowest BCUT2D eigenvalue weighted by Crippen LogP contribution is -2.26. The summed E-state index contributed by atoms with van der Waals surface area (Å²) in [4.78, 5) is 16.4. The van der Waals surface area contributed by atoms with Gasteiger partial charge in [-0.3, -0.25) is 9.36 Å². The standard InChI is InChI=1S/C11H12N4OS/c1-2-14-7-5-13-10(11(14)16)15-6-3-4-8(15)9(12)17/h3-7H,2H2,1H3,(H2,12,17). The van der Waals surface area contributed by atoms with Gasteiger partial charge in [0.05, 0.1) is 5.69 Å². The molecule has 2 rings (SSSR count). The fraction of sp³-hybridized carbons (Fsp3) is 0.182. The highest BCUT2D eigenvalue weighted by molar-refractivity contribution is 7.80. The van der Waals surface area contributed by atoms with Gasteiger partial charge in [0.15, 0.2) is 0 Å². The summed E-state index contributed by atoms with van der Waals surface area (Å²) in [5.74, 6) is 0.308. The van der Waals surface area contributed by atoms with Gasteiger partial charge in [-0.25, -0.2) is 4.98 Å². The fourth-order valence-electron chi connectivity index (χ4n) is 1.62. The quantitative estimate of drug-likeness (QED) is 0.812. The molecule has 2 aromatic heterocycles. The van der Waals surface area contributed by atoms with Crippen LogP contribution in [-0.4, -0.2) is 19.1 Å². The average Bonchev–Trinajstić information content (AvgIpc) is 2.78. The van der Waals surface area contributed by atoms with Crippen LogP contribution in [-0.2, 0) is 6.54 Å². The van der Waals surface area contributed by atoms with Crippen LogP contribution in [0, 0.1) is 0 Å². The van der Waals surface area contributed by atoms with Gasteiger partial charge < -0.3 is 10.3 Å². The van der Waals surface area contributed by atoms with E-state index in [1.165, 1.54) is 0 Å². The number of nitrogens with zero attached hydrogens (tertiary/aromatic N) is 3. The largest absolute Gasteiger partial charge is 0.388 e. The van der Waals surface area contributed by atoms with E-state index in [4.69, 9.17) is 18.0 Å². The van der Waals surface area contributed by atoms with Gasteiger partial charge in [0.2, 0.25) is 5.82 Å². The van der Waals surface area contributed by atoms with E-state index in [1.807, 2.05) is 6.92 Å². The first-order valence-electron chi connectivity index (χ1n) is 5.18. The van der Waals surface area contributed by atoms with Crippen LogP contribution in [0.5, 0.6) is 0 Å². The SMILES string of the molecule is CCn1ccnc(-n2cccc2C(N)=S)c1=O. The Morgan fingerprint density at radius 2 is 2.29 bits per heavy atom. The number of aryl methyl sites for hydroxylation is 1. The van der Waals surface area contributed by atoms with Crippen molar-refractivity contribution in [2.45, 2.75) is 13.5 Å². The minimum atomic E-state index is -0.163. The molecule has 2 heterocycles. The van der Waals surface area contributed by atoms with Gasteiger partial charge in [-0.2, -0.15) is 0 Å². The summed E-state index contributed by atoms with van der Waals surface area (Å²) in [5.41, 5.74) is 6.04. The minimum absolute atomic E-state index is 0.163. The monoisotopic (exact) mass is 248 g/mol. The van der Waals surface area contributed by atoms with Crippen molar-refractivity contribution in [2.75, 3.05) is 0 Å². The van der Waals surface area contributed by atoms with Gasteiger partial charge in [0.25, 0.3) is 5.56 Å². The molecule has 2 N–H and O–H groups in total. The predicted molar refractivity (Wildman–Crippen MR) is 69.4 cm³/mol. The first-order chi connectivity index (χ1) is 8.15. The van der Waals surface area contributed by atoms with Crippen LogP contribution < -0.4 is 11.3 Å². The van der Waals surface area contributed by atoms with E-state index >= 15 is 0 Å². The molecule has 0 spiro atoms. The van der Waals surface area contributed by atoms with Crippen LogP contribution in [0.25, 0.3) is 5.82 Å². The molecule has 0 atom stereocenters. The van der Waals surface area contributed by atoms with E-state index in [1.54, 1.807) is 39.9 Å². The van der Waals surface area contributed by atoms with Crippen molar-refractivity contribution in [3.63, 3.8) is 0 Å². The maximum absolute atomic E-state index is 12.1. The van der Waals surface area contributed by atoms with Crippen molar-refractivity contribution in [3.05, 3.63) is 46.8 Å². The molecule has 0 amide bonds. The summed E-state index contributed by atoms with van der Waals surface area (Å²) < 4.78 is 3.18. The molecule has 88 valence electrons. The van der Waals surface area contributed by atoms with Crippen molar-refractivity contribution >= 4 is 17.2 Å². The van der Waals surface area contributed by atoms with Crippen molar-refractivity contribution in [3.8, 4) is 5.82 Å². The smallest absolute Gasteiger partial charge is 0.294 e. The maximum atomic E-state index is 12.1. The highest BCUT2D eigenvalue weighted by Gasteiger charge is 2.11. The van der Waals surface area contributed by atoms with Crippen LogP contribution in [0.4, 0.5) is 0 Å². The average molecular weight is 248 g/mol. The Hall–Kier alpha value is -1.95. The Morgan fingerprint density at radius 3 is 2.94 bits per heavy atom. The molecular weight excluding hydrogens is 236 g/mol. The Morgan fingerprint density at radius 1 is 1.53 bits per heavy atom. The van der Waals surface area contributed by atoms with E-state index in [0.717, 1.165) is 0 Å². The Balaban J connectivity index is 2.65. The van der Waals surface area contributed by atoms with Crippen LogP contribution in [0.15, 0.2) is 35.5 Å². The van der Waals surface area contributed by atoms with Crippen molar-refractivity contribution in [1.82, 2.24) is 14.1 Å². The van der Waals surface area contributed by atoms with E-state index < -0.39 is 0 Å². The van der Waals surface area contributed by atoms with Crippen molar-refractivity contribution in [1.29, 1.82) is 0 Å². The number of nitrogens with two attached hydrogens (primary N) is 1. The number of aromatic nitrogens is 3. The van der Waals surface area contributed by atoms with Gasteiger partial charge >= 0.3 is 0 Å². The summed E-state index contributed by atoms with van der Waals surface area (Å²) in [6, 6.07) is 3.53. The number of hydrogen-bond donors (Lipinski definition) is 1. The van der Waals surface area contributed by atoms with Crippen LogP contribution in [0.2, 0.25) is 0 Å². The zero-order chi connectivity index (χ0) is 12.4.